The van der Waals surface area contributed by atoms with Gasteiger partial charge in [-0.1, -0.05) is 30.3 Å². The number of rotatable bonds is 2. The Morgan fingerprint density at radius 2 is 1.83 bits per heavy atom. The van der Waals surface area contributed by atoms with Crippen molar-refractivity contribution in [3.05, 3.63) is 59.4 Å². The number of nitrogens with one attached hydrogen (secondary N) is 1. The number of imidazole rings is 1. The van der Waals surface area contributed by atoms with E-state index in [9.17, 15) is 4.79 Å². The first kappa shape index (κ1) is 14.9. The molecule has 0 fully saturated rings. The lowest BCUT2D eigenvalue weighted by Crippen LogP contribution is -2.40. The number of carbonyl (C=O) groups is 1. The second kappa shape index (κ2) is 5.20. The van der Waals surface area contributed by atoms with Crippen molar-refractivity contribution in [1.82, 2.24) is 9.55 Å². The lowest BCUT2D eigenvalue weighted by molar-refractivity contribution is -0.123. The molecule has 1 atom stereocenters. The second-order valence-corrected chi connectivity index (χ2v) is 6.85. The van der Waals surface area contributed by atoms with Crippen molar-refractivity contribution < 1.29 is 4.79 Å². The van der Waals surface area contributed by atoms with Gasteiger partial charge in [-0.05, 0) is 50.5 Å². The molecule has 3 aromatic rings. The van der Waals surface area contributed by atoms with Crippen molar-refractivity contribution >= 4 is 22.6 Å². The minimum atomic E-state index is -0.611. The fourth-order valence-corrected chi connectivity index (χ4v) is 3.74. The number of nitrogens with zero attached hydrogens (tertiary/aromatic N) is 2. The van der Waals surface area contributed by atoms with E-state index in [2.05, 4.69) is 9.88 Å². The van der Waals surface area contributed by atoms with Gasteiger partial charge in [-0.3, -0.25) is 4.79 Å². The zero-order chi connectivity index (χ0) is 16.9. The Balaban J connectivity index is 1.77. The number of fused-ring (bicyclic) bond motifs is 3. The molecular weight excluding hydrogens is 298 g/mol. The van der Waals surface area contributed by atoms with Gasteiger partial charge in [0.2, 0.25) is 5.91 Å². The van der Waals surface area contributed by atoms with Gasteiger partial charge in [0.15, 0.2) is 0 Å². The van der Waals surface area contributed by atoms with Gasteiger partial charge in [-0.15, -0.1) is 0 Å². The highest BCUT2D eigenvalue weighted by Gasteiger charge is 2.42. The molecule has 1 aliphatic heterocycles. The molecule has 2 aromatic carbocycles. The minimum absolute atomic E-state index is 0.0294. The van der Waals surface area contributed by atoms with E-state index in [1.165, 1.54) is 0 Å². The summed E-state index contributed by atoms with van der Waals surface area (Å²) in [7, 11) is 0. The van der Waals surface area contributed by atoms with Crippen LogP contribution >= 0.6 is 0 Å². The number of carbonyl (C=O) groups excluding carboxylic acids is 1. The molecule has 0 saturated carbocycles. The van der Waals surface area contributed by atoms with Crippen LogP contribution in [0.1, 0.15) is 30.3 Å². The van der Waals surface area contributed by atoms with E-state index in [-0.39, 0.29) is 5.91 Å². The zero-order valence-corrected chi connectivity index (χ0v) is 14.3. The van der Waals surface area contributed by atoms with Crippen LogP contribution in [-0.4, -0.2) is 15.5 Å². The Hall–Kier alpha value is -2.62. The van der Waals surface area contributed by atoms with Gasteiger partial charge in [-0.2, -0.15) is 0 Å². The summed E-state index contributed by atoms with van der Waals surface area (Å²) in [6.45, 7) is 6.07. The summed E-state index contributed by atoms with van der Waals surface area (Å²) in [5.41, 5.74) is 4.46. The average molecular weight is 319 g/mol. The van der Waals surface area contributed by atoms with Crippen LogP contribution in [0.4, 0.5) is 5.69 Å². The van der Waals surface area contributed by atoms with Crippen molar-refractivity contribution in [2.45, 2.75) is 39.2 Å². The average Bonchev–Trinajstić information content (AvgIpc) is 3.09. The first-order valence-electron chi connectivity index (χ1n) is 8.35. The first-order valence-corrected chi connectivity index (χ1v) is 8.35. The van der Waals surface area contributed by atoms with E-state index in [1.54, 1.807) is 0 Å². The summed E-state index contributed by atoms with van der Waals surface area (Å²) in [4.78, 5) is 17.9. The summed E-state index contributed by atoms with van der Waals surface area (Å²) in [6.07, 6.45) is 1.60. The molecule has 24 heavy (non-hydrogen) atoms. The number of para-hydroxylation sites is 3. The van der Waals surface area contributed by atoms with Crippen molar-refractivity contribution in [3.8, 4) is 0 Å². The van der Waals surface area contributed by atoms with Crippen LogP contribution in [0.15, 0.2) is 42.5 Å². The van der Waals surface area contributed by atoms with E-state index in [0.717, 1.165) is 46.5 Å². The Bertz CT molecular complexity index is 936. The highest BCUT2D eigenvalue weighted by atomic mass is 16.2. The first-order chi connectivity index (χ1) is 11.5. The van der Waals surface area contributed by atoms with Crippen LogP contribution in [0, 0.1) is 13.8 Å². The number of hydrogen-bond donors (Lipinski definition) is 1. The summed E-state index contributed by atoms with van der Waals surface area (Å²) < 4.78 is 2.12. The second-order valence-electron chi connectivity index (χ2n) is 6.85. The van der Waals surface area contributed by atoms with E-state index >= 15 is 0 Å². The van der Waals surface area contributed by atoms with Gasteiger partial charge in [0.1, 0.15) is 11.4 Å². The third kappa shape index (κ3) is 2.06. The normalized spacial score (nSPS) is 19.5. The maximum absolute atomic E-state index is 13.2. The topological polar surface area (TPSA) is 46.9 Å². The fourth-order valence-electron chi connectivity index (χ4n) is 3.74. The van der Waals surface area contributed by atoms with Gasteiger partial charge >= 0.3 is 0 Å². The van der Waals surface area contributed by atoms with Crippen LogP contribution < -0.4 is 5.32 Å². The van der Waals surface area contributed by atoms with E-state index in [0.29, 0.717) is 0 Å². The largest absolute Gasteiger partial charge is 0.324 e. The van der Waals surface area contributed by atoms with Gasteiger partial charge < -0.3 is 9.88 Å². The number of amides is 1. The van der Waals surface area contributed by atoms with Crippen molar-refractivity contribution in [3.63, 3.8) is 0 Å². The van der Waals surface area contributed by atoms with Crippen LogP contribution in [0.5, 0.6) is 0 Å². The molecule has 0 bridgehead atoms. The molecule has 0 aliphatic carbocycles. The summed E-state index contributed by atoms with van der Waals surface area (Å²) in [5, 5.41) is 3.17. The fraction of sp³-hybridized carbons (Fsp3) is 0.300. The smallest absolute Gasteiger partial charge is 0.250 e. The molecule has 122 valence electrons. The van der Waals surface area contributed by atoms with E-state index in [4.69, 9.17) is 4.98 Å². The summed E-state index contributed by atoms with van der Waals surface area (Å²) in [5.74, 6) is 1.03. The van der Waals surface area contributed by atoms with E-state index < -0.39 is 5.54 Å². The van der Waals surface area contributed by atoms with Gasteiger partial charge in [0, 0.05) is 12.1 Å². The minimum Gasteiger partial charge on any atom is -0.324 e. The number of aryl methyl sites for hydroxylation is 3. The Kier molecular flexibility index (Phi) is 3.23. The third-order valence-electron chi connectivity index (χ3n) is 5.17. The Morgan fingerprint density at radius 3 is 2.58 bits per heavy atom. The molecule has 1 unspecified atom stereocenters. The molecule has 0 saturated heterocycles. The lowest BCUT2D eigenvalue weighted by Gasteiger charge is -2.27. The predicted octanol–water partition coefficient (Wildman–Crippen LogP) is 3.95. The Labute approximate surface area is 141 Å². The predicted molar refractivity (Wildman–Crippen MR) is 96.2 cm³/mol. The number of hydrogen-bond acceptors (Lipinski definition) is 2. The monoisotopic (exact) mass is 319 g/mol. The molecule has 1 amide bonds. The van der Waals surface area contributed by atoms with Crippen molar-refractivity contribution in [1.29, 1.82) is 0 Å². The van der Waals surface area contributed by atoms with Gasteiger partial charge in [-0.25, -0.2) is 4.98 Å². The number of aromatic nitrogens is 2. The molecular formula is C20H21N3O. The van der Waals surface area contributed by atoms with Crippen LogP contribution in [0.25, 0.3) is 11.0 Å². The standard InChI is InChI=1S/C20H21N3O/c1-13-7-6-8-14(2)18(13)22-19(24)20(3)12-11-17-21-15-9-4-5-10-16(15)23(17)20/h4-10H,11-12H2,1-3H3,(H,22,24). The van der Waals surface area contributed by atoms with Crippen LogP contribution in [0.2, 0.25) is 0 Å². The van der Waals surface area contributed by atoms with E-state index in [1.807, 2.05) is 63.2 Å². The van der Waals surface area contributed by atoms with Crippen LogP contribution in [0.3, 0.4) is 0 Å². The van der Waals surface area contributed by atoms with Gasteiger partial charge in [0.05, 0.1) is 11.0 Å². The molecule has 0 radical (unpaired) electrons. The number of benzene rings is 2. The molecule has 0 spiro atoms. The van der Waals surface area contributed by atoms with Crippen molar-refractivity contribution in [2.75, 3.05) is 5.32 Å². The Morgan fingerprint density at radius 1 is 1.12 bits per heavy atom. The molecule has 1 aliphatic rings. The molecule has 4 heteroatoms. The van der Waals surface area contributed by atoms with Crippen molar-refractivity contribution in [2.24, 2.45) is 0 Å². The van der Waals surface area contributed by atoms with Gasteiger partial charge in [0.25, 0.3) is 0 Å². The lowest BCUT2D eigenvalue weighted by atomic mass is 9.96. The quantitative estimate of drug-likeness (QED) is 0.777. The highest BCUT2D eigenvalue weighted by molar-refractivity contribution is 5.99. The maximum atomic E-state index is 13.2. The molecule has 1 aromatic heterocycles. The highest BCUT2D eigenvalue weighted by Crippen LogP contribution is 2.37. The number of anilines is 1. The SMILES string of the molecule is Cc1cccc(C)c1NC(=O)C1(C)CCc2nc3ccccc3n21. The molecule has 4 rings (SSSR count). The molecule has 2 heterocycles. The van der Waals surface area contributed by atoms with Crippen LogP contribution in [-0.2, 0) is 16.8 Å². The molecule has 4 nitrogen and oxygen atoms in total. The maximum Gasteiger partial charge on any atom is 0.250 e. The molecule has 1 N–H and O–H groups in total. The third-order valence-corrected chi connectivity index (χ3v) is 5.17. The summed E-state index contributed by atoms with van der Waals surface area (Å²) >= 11 is 0. The summed E-state index contributed by atoms with van der Waals surface area (Å²) in [6, 6.07) is 14.1. The zero-order valence-electron chi connectivity index (χ0n) is 14.3.